The van der Waals surface area contributed by atoms with Crippen LogP contribution in [-0.2, 0) is 0 Å². The van der Waals surface area contributed by atoms with Gasteiger partial charge in [-0.25, -0.2) is 0 Å². The van der Waals surface area contributed by atoms with Crippen LogP contribution in [0.3, 0.4) is 0 Å². The quantitative estimate of drug-likeness (QED) is 0.920. The fourth-order valence-electron chi connectivity index (χ4n) is 2.26. The Bertz CT molecular complexity index is 439. The highest BCUT2D eigenvalue weighted by molar-refractivity contribution is 7.99. The van der Waals surface area contributed by atoms with Gasteiger partial charge >= 0.3 is 0 Å². The maximum Gasteiger partial charge on any atom is 0.203 e. The Morgan fingerprint density at radius 2 is 1.84 bits per heavy atom. The second kappa shape index (κ2) is 6.39. The van der Waals surface area contributed by atoms with Crippen molar-refractivity contribution in [2.75, 3.05) is 27.1 Å². The molecule has 4 nitrogen and oxygen atoms in total. The number of rotatable bonds is 4. The molecule has 1 aromatic rings. The molecule has 1 aliphatic rings. The lowest BCUT2D eigenvalue weighted by atomic mass is 10.1. The summed E-state index contributed by atoms with van der Waals surface area (Å²) >= 11 is 1.89. The minimum absolute atomic E-state index is 0.235. The van der Waals surface area contributed by atoms with Crippen LogP contribution in [0.2, 0.25) is 0 Å². The molecule has 2 unspecified atom stereocenters. The molecule has 19 heavy (non-hydrogen) atoms. The average molecular weight is 283 g/mol. The Morgan fingerprint density at radius 3 is 2.42 bits per heavy atom. The molecule has 1 heterocycles. The van der Waals surface area contributed by atoms with E-state index in [9.17, 15) is 0 Å². The van der Waals surface area contributed by atoms with E-state index in [4.69, 9.17) is 14.2 Å². The van der Waals surface area contributed by atoms with Crippen molar-refractivity contribution in [2.24, 2.45) is 0 Å². The van der Waals surface area contributed by atoms with Gasteiger partial charge in [-0.05, 0) is 31.2 Å². The number of benzene rings is 1. The molecular weight excluding hydrogens is 262 g/mol. The van der Waals surface area contributed by atoms with Gasteiger partial charge in [0.05, 0.1) is 26.7 Å². The fourth-order valence-corrected chi connectivity index (χ4v) is 3.68. The van der Waals surface area contributed by atoms with Crippen LogP contribution < -0.4 is 19.5 Å². The van der Waals surface area contributed by atoms with E-state index in [1.54, 1.807) is 21.3 Å². The van der Waals surface area contributed by atoms with E-state index in [-0.39, 0.29) is 5.37 Å². The first-order valence-corrected chi connectivity index (χ1v) is 7.42. The zero-order valence-electron chi connectivity index (χ0n) is 11.9. The van der Waals surface area contributed by atoms with E-state index in [2.05, 4.69) is 12.2 Å². The smallest absolute Gasteiger partial charge is 0.203 e. The number of nitrogens with one attached hydrogen (secondary N) is 1. The van der Waals surface area contributed by atoms with Gasteiger partial charge in [-0.2, -0.15) is 0 Å². The number of ether oxygens (including phenoxy) is 3. The molecule has 106 valence electrons. The van der Waals surface area contributed by atoms with Crippen LogP contribution in [0.5, 0.6) is 17.2 Å². The van der Waals surface area contributed by atoms with Gasteiger partial charge in [0.15, 0.2) is 11.5 Å². The third kappa shape index (κ3) is 2.92. The summed E-state index contributed by atoms with van der Waals surface area (Å²) in [5.74, 6) is 3.25. The summed E-state index contributed by atoms with van der Waals surface area (Å²) < 4.78 is 16.3. The third-order valence-electron chi connectivity index (χ3n) is 3.29. The van der Waals surface area contributed by atoms with Crippen molar-refractivity contribution in [2.45, 2.75) is 24.8 Å². The normalized spacial score (nSPS) is 22.9. The second-order valence-corrected chi connectivity index (χ2v) is 5.74. The van der Waals surface area contributed by atoms with Crippen LogP contribution >= 0.6 is 11.8 Å². The van der Waals surface area contributed by atoms with Crippen LogP contribution in [0.15, 0.2) is 12.1 Å². The largest absolute Gasteiger partial charge is 0.493 e. The first-order chi connectivity index (χ1) is 9.21. The van der Waals surface area contributed by atoms with Gasteiger partial charge < -0.3 is 14.2 Å². The molecule has 0 bridgehead atoms. The number of hydrogen-bond acceptors (Lipinski definition) is 5. The molecule has 2 rings (SSSR count). The highest BCUT2D eigenvalue weighted by Crippen LogP contribution is 2.45. The molecule has 5 heteroatoms. The van der Waals surface area contributed by atoms with Crippen LogP contribution in [0, 0.1) is 0 Å². The van der Waals surface area contributed by atoms with E-state index >= 15 is 0 Å². The molecule has 0 radical (unpaired) electrons. The first kappa shape index (κ1) is 14.3. The predicted octanol–water partition coefficient (Wildman–Crippen LogP) is 2.83. The van der Waals surface area contributed by atoms with Gasteiger partial charge in [0.2, 0.25) is 5.75 Å². The summed E-state index contributed by atoms with van der Waals surface area (Å²) in [6.07, 6.45) is 1.19. The molecular formula is C14H21NO3S. The maximum atomic E-state index is 5.54. The molecule has 1 N–H and O–H groups in total. The van der Waals surface area contributed by atoms with Gasteiger partial charge in [0, 0.05) is 11.6 Å². The van der Waals surface area contributed by atoms with E-state index in [1.165, 1.54) is 6.42 Å². The monoisotopic (exact) mass is 283 g/mol. The van der Waals surface area contributed by atoms with Crippen LogP contribution in [0.25, 0.3) is 0 Å². The Hall–Kier alpha value is -1.07. The Kier molecular flexibility index (Phi) is 4.82. The zero-order valence-corrected chi connectivity index (χ0v) is 12.7. The SMILES string of the molecule is COc1ccc(C2NC(C)CCS2)c(OC)c1OC. The number of thioether (sulfide) groups is 1. The van der Waals surface area contributed by atoms with Crippen molar-refractivity contribution in [3.05, 3.63) is 17.7 Å². The van der Waals surface area contributed by atoms with Gasteiger partial charge in [-0.1, -0.05) is 0 Å². The van der Waals surface area contributed by atoms with Crippen LogP contribution in [0.4, 0.5) is 0 Å². The molecule has 0 saturated carbocycles. The van der Waals surface area contributed by atoms with Crippen LogP contribution in [-0.4, -0.2) is 33.1 Å². The minimum atomic E-state index is 0.235. The zero-order chi connectivity index (χ0) is 13.8. The van der Waals surface area contributed by atoms with Crippen LogP contribution in [0.1, 0.15) is 24.3 Å². The van der Waals surface area contributed by atoms with Crippen molar-refractivity contribution in [3.63, 3.8) is 0 Å². The van der Waals surface area contributed by atoms with Crippen molar-refractivity contribution in [3.8, 4) is 17.2 Å². The highest BCUT2D eigenvalue weighted by Gasteiger charge is 2.26. The van der Waals surface area contributed by atoms with E-state index in [0.717, 1.165) is 17.1 Å². The molecule has 0 amide bonds. The summed E-state index contributed by atoms with van der Waals surface area (Å²) in [7, 11) is 4.93. The van der Waals surface area contributed by atoms with Gasteiger partial charge in [-0.3, -0.25) is 5.32 Å². The van der Waals surface area contributed by atoms with Crippen molar-refractivity contribution < 1.29 is 14.2 Å². The third-order valence-corrected chi connectivity index (χ3v) is 4.48. The first-order valence-electron chi connectivity index (χ1n) is 6.37. The molecule has 0 aromatic heterocycles. The molecule has 1 aromatic carbocycles. The molecule has 1 saturated heterocycles. The topological polar surface area (TPSA) is 39.7 Å². The molecule has 1 fully saturated rings. The predicted molar refractivity (Wildman–Crippen MR) is 78.5 cm³/mol. The summed E-state index contributed by atoms with van der Waals surface area (Å²) in [6.45, 7) is 2.21. The standard InChI is InChI=1S/C14H21NO3S/c1-9-7-8-19-14(15-9)10-5-6-11(16-2)13(18-4)12(10)17-3/h5-6,9,14-15H,7-8H2,1-4H3. The lowest BCUT2D eigenvalue weighted by Crippen LogP contribution is -2.33. The molecule has 1 aliphatic heterocycles. The van der Waals surface area contributed by atoms with Crippen molar-refractivity contribution in [1.29, 1.82) is 0 Å². The molecule has 0 aliphatic carbocycles. The maximum absolute atomic E-state index is 5.54. The van der Waals surface area contributed by atoms with Gasteiger partial charge in [0.25, 0.3) is 0 Å². The average Bonchev–Trinajstić information content (AvgIpc) is 2.45. The second-order valence-electron chi connectivity index (χ2n) is 4.53. The Balaban J connectivity index is 2.39. The summed E-state index contributed by atoms with van der Waals surface area (Å²) in [5, 5.41) is 3.82. The van der Waals surface area contributed by atoms with Crippen molar-refractivity contribution >= 4 is 11.8 Å². The summed E-state index contributed by atoms with van der Waals surface area (Å²) in [6, 6.07) is 4.49. The lowest BCUT2D eigenvalue weighted by molar-refractivity contribution is 0.320. The van der Waals surface area contributed by atoms with E-state index < -0.39 is 0 Å². The Morgan fingerprint density at radius 1 is 1.11 bits per heavy atom. The Labute approximate surface area is 118 Å². The van der Waals surface area contributed by atoms with E-state index in [0.29, 0.717) is 17.5 Å². The van der Waals surface area contributed by atoms with Crippen molar-refractivity contribution in [1.82, 2.24) is 5.32 Å². The fraction of sp³-hybridized carbons (Fsp3) is 0.571. The number of methoxy groups -OCH3 is 3. The summed E-state index contributed by atoms with van der Waals surface area (Å²) in [5.41, 5.74) is 1.11. The van der Waals surface area contributed by atoms with Gasteiger partial charge in [-0.15, -0.1) is 11.8 Å². The lowest BCUT2D eigenvalue weighted by Gasteiger charge is -2.30. The number of hydrogen-bond donors (Lipinski definition) is 1. The summed E-state index contributed by atoms with van der Waals surface area (Å²) in [4.78, 5) is 0. The molecule has 0 spiro atoms. The molecule has 2 atom stereocenters. The van der Waals surface area contributed by atoms with E-state index in [1.807, 2.05) is 23.9 Å². The van der Waals surface area contributed by atoms with Gasteiger partial charge in [0.1, 0.15) is 0 Å². The highest BCUT2D eigenvalue weighted by atomic mass is 32.2. The minimum Gasteiger partial charge on any atom is -0.493 e.